The molecule has 0 aliphatic carbocycles. The molecule has 0 bridgehead atoms. The summed E-state index contributed by atoms with van der Waals surface area (Å²) in [5.74, 6) is 2.10. The molecule has 5 heterocycles. The van der Waals surface area contributed by atoms with Crippen LogP contribution >= 0.6 is 34.3 Å². The number of anilines is 2. The van der Waals surface area contributed by atoms with Crippen molar-refractivity contribution in [2.75, 3.05) is 10.6 Å². The Morgan fingerprint density at radius 1 is 0.681 bits per heavy atom. The molecule has 8 rings (SSSR count). The number of para-hydroxylation sites is 1. The number of hydrogen-bond acceptors (Lipinski definition) is 10. The second-order valence-electron chi connectivity index (χ2n) is 10.1. The van der Waals surface area contributed by atoms with Crippen LogP contribution in [0.25, 0.3) is 37.5 Å². The van der Waals surface area contributed by atoms with E-state index >= 15 is 0 Å². The summed E-state index contributed by atoms with van der Waals surface area (Å²) in [5, 5.41) is 8.10. The van der Waals surface area contributed by atoms with Gasteiger partial charge in [-0.25, -0.2) is 15.0 Å². The third-order valence-corrected chi connectivity index (χ3v) is 8.66. The molecule has 224 valence electrons. The van der Waals surface area contributed by atoms with Gasteiger partial charge in [-0.1, -0.05) is 78.9 Å². The minimum absolute atomic E-state index is 0.238. The third kappa shape index (κ3) is 8.73. The monoisotopic (exact) mass is 725 g/mol. The van der Waals surface area contributed by atoms with Gasteiger partial charge in [0, 0.05) is 24.2 Å². The number of halogens is 1. The van der Waals surface area contributed by atoms with Crippen LogP contribution in [0.1, 0.15) is 16.8 Å². The molecule has 3 aromatic carbocycles. The molecule has 8 aromatic rings. The summed E-state index contributed by atoms with van der Waals surface area (Å²) in [6, 6.07) is 30.8. The minimum atomic E-state index is 0.238. The van der Waals surface area contributed by atoms with Crippen LogP contribution in [0, 0.1) is 6.92 Å². The van der Waals surface area contributed by atoms with Crippen LogP contribution in [0.5, 0.6) is 0 Å². The van der Waals surface area contributed by atoms with E-state index in [1.807, 2.05) is 66.2 Å². The summed E-state index contributed by atoms with van der Waals surface area (Å²) in [4.78, 5) is 28.3. The Morgan fingerprint density at radius 3 is 1.83 bits per heavy atom. The first kappa shape index (κ1) is 35.1. The van der Waals surface area contributed by atoms with Crippen LogP contribution in [0.3, 0.4) is 0 Å². The number of hydrogen-bond donors (Lipinski definition) is 2. The fourth-order valence-electron chi connectivity index (χ4n) is 4.95. The van der Waals surface area contributed by atoms with Crippen molar-refractivity contribution in [3.8, 4) is 5.95 Å². The third-order valence-electron chi connectivity index (χ3n) is 7.06. The number of rotatable bonds is 7. The zero-order valence-electron chi connectivity index (χ0n) is 26.1. The van der Waals surface area contributed by atoms with Crippen molar-refractivity contribution in [3.63, 3.8) is 0 Å². The van der Waals surface area contributed by atoms with E-state index in [0.29, 0.717) is 24.9 Å². The van der Waals surface area contributed by atoms with Crippen molar-refractivity contribution in [3.05, 3.63) is 124 Å². The molecule has 2 N–H and O–H groups in total. The zero-order chi connectivity index (χ0) is 32.6. The van der Waals surface area contributed by atoms with Gasteiger partial charge in [0.25, 0.3) is 0 Å². The number of nitrogens with zero attached hydrogens (tertiary/aromatic N) is 7. The zero-order valence-corrected chi connectivity index (χ0v) is 34.7. The first-order valence-corrected chi connectivity index (χ1v) is 33.3. The molecule has 0 saturated carbocycles. The number of aromatic nitrogens is 7. The van der Waals surface area contributed by atoms with Gasteiger partial charge in [0.1, 0.15) is 11.0 Å². The van der Waals surface area contributed by atoms with E-state index in [0.717, 1.165) is 37.7 Å². The van der Waals surface area contributed by atoms with Crippen LogP contribution in [0.2, 0.25) is 5.28 Å². The Morgan fingerprint density at radius 2 is 1.21 bits per heavy atom. The van der Waals surface area contributed by atoms with E-state index in [1.165, 1.54) is 102 Å². The van der Waals surface area contributed by atoms with Crippen LogP contribution in [-0.2, 0) is 13.1 Å². The van der Waals surface area contributed by atoms with Gasteiger partial charge in [0.15, 0.2) is 21.3 Å². The molecule has 0 aliphatic rings. The van der Waals surface area contributed by atoms with E-state index in [9.17, 15) is 0 Å². The van der Waals surface area contributed by atoms with Crippen LogP contribution < -0.4 is 10.6 Å². The van der Waals surface area contributed by atoms with Crippen molar-refractivity contribution < 1.29 is 0 Å². The molecule has 9 nitrogen and oxygen atoms in total. The molecule has 0 atom stereocenters. The second kappa shape index (κ2) is 17.3. The predicted octanol–water partition coefficient (Wildman–Crippen LogP) is 7.54. The Kier molecular flexibility index (Phi) is 12.9. The first-order valence-electron chi connectivity index (χ1n) is 15.1. The molecule has 5 aromatic heterocycles. The molecule has 0 fully saturated rings. The molecule has 0 amide bonds. The van der Waals surface area contributed by atoms with E-state index in [2.05, 4.69) is 72.4 Å². The fraction of sp³-hybridized carbons (Fsp3) is 0.0909. The van der Waals surface area contributed by atoms with Gasteiger partial charge in [-0.05, 0) is 41.8 Å². The Labute approximate surface area is 329 Å². The normalized spacial score (nSPS) is 10.8. The summed E-state index contributed by atoms with van der Waals surface area (Å²) >= 11 is 11.4. The first-order chi connectivity index (χ1) is 23.1. The Balaban J connectivity index is 0.000000168. The number of fused-ring (bicyclic) bond motifs is 3. The number of thiazole rings is 2. The summed E-state index contributed by atoms with van der Waals surface area (Å²) in [6.45, 7) is 3.45. The number of nitrogens with one attached hydrogen (secondary N) is 2. The molecule has 0 saturated heterocycles. The van der Waals surface area contributed by atoms with Gasteiger partial charge in [-0.3, -0.25) is 4.57 Å². The summed E-state index contributed by atoms with van der Waals surface area (Å²) < 4.78 is 2.10. The molecular weight excluding hydrogens is 700 g/mol. The fourth-order valence-corrected chi connectivity index (χ4v) is 6.48. The predicted molar refractivity (Wildman–Crippen MR) is 196 cm³/mol. The van der Waals surface area contributed by atoms with E-state index < -0.39 is 0 Å². The van der Waals surface area contributed by atoms with Gasteiger partial charge >= 0.3 is 63.2 Å². The average Bonchev–Trinajstić information content (AvgIpc) is 3.86. The van der Waals surface area contributed by atoms with Crippen LogP contribution in [0.15, 0.2) is 102 Å². The van der Waals surface area contributed by atoms with E-state index in [1.54, 1.807) is 5.51 Å². The molecular formula is C33H26ClK2N9S2. The molecule has 0 unspecified atom stereocenters. The van der Waals surface area contributed by atoms with Crippen molar-refractivity contribution in [1.82, 2.24) is 34.5 Å². The van der Waals surface area contributed by atoms with Crippen LogP contribution in [-0.4, -0.2) is 97.6 Å². The standard InChI is InChI=1S/C21H17N5S.C12H9ClN4S.2K/c1-14-11-16-9-5-6-10-17(16)26(14)21-24-19(18-20(25-21)27-13-23-18)22-12-15-7-3-2-4-8-15;13-12-16-10(9-11(17-12)18-7-15-9)14-6-8-4-2-1-3-5-8;;/h2-11,13H,12H2,1H3,(H,22,24,25);1-5,7H,6H2,(H,14,16,17);;. The van der Waals surface area contributed by atoms with Gasteiger partial charge in [0.2, 0.25) is 11.2 Å². The average molecular weight is 726 g/mol. The summed E-state index contributed by atoms with van der Waals surface area (Å²) in [5.41, 5.74) is 9.72. The number of aryl methyl sites for hydroxylation is 1. The van der Waals surface area contributed by atoms with E-state index in [4.69, 9.17) is 21.6 Å². The number of benzene rings is 3. The SMILES string of the molecule is Cc1cc2ccccc2n1-c1nc(NCc2ccccc2)c2ncsc2n1.Clc1nc(NCc2ccccc2)c2ncsc2n1.[K][K]. The van der Waals surface area contributed by atoms with Crippen molar-refractivity contribution in [2.45, 2.75) is 20.0 Å². The van der Waals surface area contributed by atoms with Crippen LogP contribution in [0.4, 0.5) is 11.6 Å². The summed E-state index contributed by atoms with van der Waals surface area (Å²) in [6.07, 6.45) is 0. The maximum atomic E-state index is 5.88. The van der Waals surface area contributed by atoms with Gasteiger partial charge in [-0.15, -0.1) is 22.7 Å². The molecule has 47 heavy (non-hydrogen) atoms. The van der Waals surface area contributed by atoms with Gasteiger partial charge in [-0.2, -0.15) is 15.0 Å². The Bertz CT molecular complexity index is 2220. The molecule has 14 heteroatoms. The van der Waals surface area contributed by atoms with Gasteiger partial charge in [0.05, 0.1) is 16.5 Å². The molecule has 0 aliphatic heterocycles. The van der Waals surface area contributed by atoms with Crippen molar-refractivity contribution in [1.29, 1.82) is 0 Å². The quantitative estimate of drug-likeness (QED) is 0.128. The topological polar surface area (TPSA) is 106 Å². The second-order valence-corrected chi connectivity index (χ2v) is 12.1. The van der Waals surface area contributed by atoms with Gasteiger partial charge < -0.3 is 10.6 Å². The molecule has 0 radical (unpaired) electrons. The summed E-state index contributed by atoms with van der Waals surface area (Å²) in [7, 11) is 0. The maximum absolute atomic E-state index is 5.88. The van der Waals surface area contributed by atoms with Crippen molar-refractivity contribution >= 4 is 141 Å². The molecule has 0 spiro atoms. The Hall–Kier alpha value is -1.70. The van der Waals surface area contributed by atoms with E-state index in [-0.39, 0.29) is 5.28 Å². The van der Waals surface area contributed by atoms with Crippen molar-refractivity contribution in [2.24, 2.45) is 0 Å².